The summed E-state index contributed by atoms with van der Waals surface area (Å²) < 4.78 is 0.691. The van der Waals surface area contributed by atoms with Crippen LogP contribution in [0.15, 0.2) is 22.7 Å². The van der Waals surface area contributed by atoms with E-state index in [1.54, 1.807) is 11.0 Å². The van der Waals surface area contributed by atoms with Crippen LogP contribution in [0.4, 0.5) is 11.4 Å². The van der Waals surface area contributed by atoms with Crippen LogP contribution in [0.2, 0.25) is 0 Å². The largest absolute Gasteiger partial charge is 0.311 e. The molecule has 1 saturated heterocycles. The third-order valence-electron chi connectivity index (χ3n) is 2.85. The molecule has 1 fully saturated rings. The maximum absolute atomic E-state index is 11.9. The number of nitrogens with zero attached hydrogens (tertiary/aromatic N) is 2. The Balaban J connectivity index is 2.35. The van der Waals surface area contributed by atoms with Crippen LogP contribution in [-0.4, -0.2) is 22.7 Å². The van der Waals surface area contributed by atoms with E-state index in [-0.39, 0.29) is 17.5 Å². The second kappa shape index (κ2) is 5.36. The number of nitro benzene ring substituents is 1. The molecule has 1 amide bonds. The molecule has 1 atom stereocenters. The van der Waals surface area contributed by atoms with Gasteiger partial charge in [0.05, 0.1) is 10.6 Å². The molecule has 0 spiro atoms. The van der Waals surface area contributed by atoms with Gasteiger partial charge in [0.25, 0.3) is 5.69 Å². The van der Waals surface area contributed by atoms with E-state index < -0.39 is 4.92 Å². The number of benzene rings is 1. The predicted octanol–water partition coefficient (Wildman–Crippen LogP) is 3.11. The number of hydrogen-bond acceptors (Lipinski definition) is 3. The summed E-state index contributed by atoms with van der Waals surface area (Å²) in [5.41, 5.74) is 0.556. The van der Waals surface area contributed by atoms with Crippen molar-refractivity contribution in [2.45, 2.75) is 6.42 Å². The van der Waals surface area contributed by atoms with Gasteiger partial charge in [-0.15, -0.1) is 0 Å². The van der Waals surface area contributed by atoms with Crippen LogP contribution >= 0.6 is 31.9 Å². The van der Waals surface area contributed by atoms with Crippen molar-refractivity contribution in [3.8, 4) is 0 Å². The van der Waals surface area contributed by atoms with E-state index in [2.05, 4.69) is 31.9 Å². The molecule has 0 aliphatic carbocycles. The van der Waals surface area contributed by atoms with E-state index in [1.807, 2.05) is 0 Å². The molecule has 2 rings (SSSR count). The molecule has 7 heteroatoms. The van der Waals surface area contributed by atoms with Crippen molar-refractivity contribution in [1.29, 1.82) is 0 Å². The van der Waals surface area contributed by atoms with Crippen molar-refractivity contribution < 1.29 is 9.72 Å². The first-order valence-corrected chi connectivity index (χ1v) is 7.24. The molecule has 0 aromatic heterocycles. The second-order valence-corrected chi connectivity index (χ2v) is 5.62. The number of nitro groups is 1. The van der Waals surface area contributed by atoms with Gasteiger partial charge in [0.15, 0.2) is 0 Å². The van der Waals surface area contributed by atoms with Gasteiger partial charge in [0, 0.05) is 34.9 Å². The average Bonchev–Trinajstić information content (AvgIpc) is 2.71. The number of halogens is 2. The van der Waals surface area contributed by atoms with E-state index in [9.17, 15) is 14.9 Å². The number of carbonyl (C=O) groups is 1. The van der Waals surface area contributed by atoms with Crippen molar-refractivity contribution in [3.63, 3.8) is 0 Å². The summed E-state index contributed by atoms with van der Waals surface area (Å²) in [5, 5.41) is 11.5. The minimum absolute atomic E-state index is 0.000600. The van der Waals surface area contributed by atoms with Crippen LogP contribution in [-0.2, 0) is 4.79 Å². The van der Waals surface area contributed by atoms with E-state index in [4.69, 9.17) is 0 Å². The van der Waals surface area contributed by atoms with Crippen LogP contribution in [0.25, 0.3) is 0 Å². The van der Waals surface area contributed by atoms with E-state index in [1.165, 1.54) is 12.1 Å². The average molecular weight is 378 g/mol. The van der Waals surface area contributed by atoms with Gasteiger partial charge in [-0.3, -0.25) is 14.9 Å². The number of anilines is 1. The summed E-state index contributed by atoms with van der Waals surface area (Å²) in [5.74, 6) is 0.254. The second-order valence-electron chi connectivity index (χ2n) is 4.12. The first kappa shape index (κ1) is 13.5. The summed E-state index contributed by atoms with van der Waals surface area (Å²) in [7, 11) is 0. The highest BCUT2D eigenvalue weighted by Gasteiger charge is 2.31. The molecule has 96 valence electrons. The fourth-order valence-electron chi connectivity index (χ4n) is 1.94. The van der Waals surface area contributed by atoms with E-state index in [0.29, 0.717) is 23.1 Å². The Bertz CT molecular complexity index is 507. The van der Waals surface area contributed by atoms with Gasteiger partial charge < -0.3 is 4.90 Å². The van der Waals surface area contributed by atoms with Gasteiger partial charge in [-0.25, -0.2) is 0 Å². The van der Waals surface area contributed by atoms with Gasteiger partial charge >= 0.3 is 0 Å². The zero-order valence-electron chi connectivity index (χ0n) is 9.31. The first-order chi connectivity index (χ1) is 8.52. The zero-order chi connectivity index (χ0) is 13.3. The maximum atomic E-state index is 11.9. The maximum Gasteiger partial charge on any atom is 0.271 e. The third-order valence-corrected chi connectivity index (χ3v) is 4.44. The fraction of sp³-hybridized carbons (Fsp3) is 0.364. The fourth-order valence-corrected chi connectivity index (χ4v) is 2.83. The van der Waals surface area contributed by atoms with Crippen molar-refractivity contribution in [3.05, 3.63) is 32.8 Å². The number of carbonyl (C=O) groups excluding carboxylic acids is 1. The Morgan fingerprint density at radius 3 is 2.78 bits per heavy atom. The molecule has 1 unspecified atom stereocenters. The molecular weight excluding hydrogens is 368 g/mol. The van der Waals surface area contributed by atoms with Crippen LogP contribution in [0.1, 0.15) is 6.42 Å². The standard InChI is InChI=1S/C11H10Br2N2O3/c12-5-7-3-11(16)14(6-7)10-4-8(15(17)18)1-2-9(10)13/h1-2,4,7H,3,5-6H2. The topological polar surface area (TPSA) is 63.5 Å². The van der Waals surface area contributed by atoms with Crippen molar-refractivity contribution in [2.24, 2.45) is 5.92 Å². The first-order valence-electron chi connectivity index (χ1n) is 5.33. The van der Waals surface area contributed by atoms with Gasteiger partial charge in [-0.05, 0) is 27.9 Å². The molecule has 1 aromatic rings. The van der Waals surface area contributed by atoms with Gasteiger partial charge in [0.2, 0.25) is 5.91 Å². The summed E-state index contributed by atoms with van der Waals surface area (Å²) in [6.45, 7) is 0.587. The summed E-state index contributed by atoms with van der Waals surface area (Å²) in [6.07, 6.45) is 0.473. The lowest BCUT2D eigenvalue weighted by Crippen LogP contribution is -2.25. The lowest BCUT2D eigenvalue weighted by Gasteiger charge is -2.17. The van der Waals surface area contributed by atoms with E-state index >= 15 is 0 Å². The number of hydrogen-bond donors (Lipinski definition) is 0. The van der Waals surface area contributed by atoms with Crippen molar-refractivity contribution in [1.82, 2.24) is 0 Å². The molecular formula is C11H10Br2N2O3. The molecule has 18 heavy (non-hydrogen) atoms. The van der Waals surface area contributed by atoms with Crippen molar-refractivity contribution >= 4 is 49.1 Å². The quantitative estimate of drug-likeness (QED) is 0.462. The summed E-state index contributed by atoms with van der Waals surface area (Å²) in [6, 6.07) is 4.44. The molecule has 1 heterocycles. The molecule has 1 aliphatic rings. The lowest BCUT2D eigenvalue weighted by atomic mass is 10.2. The van der Waals surface area contributed by atoms with Crippen molar-refractivity contribution in [2.75, 3.05) is 16.8 Å². The molecule has 0 N–H and O–H groups in total. The Morgan fingerprint density at radius 1 is 1.50 bits per heavy atom. The van der Waals surface area contributed by atoms with Gasteiger partial charge in [-0.1, -0.05) is 15.9 Å². The number of non-ortho nitro benzene ring substituents is 1. The Hall–Kier alpha value is -0.950. The Labute approximate surface area is 121 Å². The number of rotatable bonds is 3. The number of amides is 1. The molecule has 1 aromatic carbocycles. The van der Waals surface area contributed by atoms with Crippen LogP contribution in [0.3, 0.4) is 0 Å². The zero-order valence-corrected chi connectivity index (χ0v) is 12.5. The monoisotopic (exact) mass is 376 g/mol. The lowest BCUT2D eigenvalue weighted by molar-refractivity contribution is -0.384. The van der Waals surface area contributed by atoms with Gasteiger partial charge in [0.1, 0.15) is 0 Å². The smallest absolute Gasteiger partial charge is 0.271 e. The highest BCUT2D eigenvalue weighted by atomic mass is 79.9. The minimum atomic E-state index is -0.460. The summed E-state index contributed by atoms with van der Waals surface area (Å²) >= 11 is 6.69. The summed E-state index contributed by atoms with van der Waals surface area (Å²) in [4.78, 5) is 23.8. The minimum Gasteiger partial charge on any atom is -0.311 e. The highest BCUT2D eigenvalue weighted by molar-refractivity contribution is 9.10. The molecule has 1 aliphatic heterocycles. The van der Waals surface area contributed by atoms with Crippen LogP contribution in [0, 0.1) is 16.0 Å². The Morgan fingerprint density at radius 2 is 2.22 bits per heavy atom. The molecule has 5 nitrogen and oxygen atoms in total. The molecule has 0 radical (unpaired) electrons. The third kappa shape index (κ3) is 2.56. The SMILES string of the molecule is O=C1CC(CBr)CN1c1cc([N+](=O)[O-])ccc1Br. The Kier molecular flexibility index (Phi) is 4.01. The predicted molar refractivity (Wildman–Crippen MR) is 75.1 cm³/mol. The van der Waals surface area contributed by atoms with Crippen LogP contribution < -0.4 is 4.90 Å². The molecule has 0 saturated carbocycles. The van der Waals surface area contributed by atoms with E-state index in [0.717, 1.165) is 5.33 Å². The highest BCUT2D eigenvalue weighted by Crippen LogP contribution is 2.34. The number of alkyl halides is 1. The normalized spacial score (nSPS) is 19.3. The molecule has 0 bridgehead atoms. The van der Waals surface area contributed by atoms with Gasteiger partial charge in [-0.2, -0.15) is 0 Å². The van der Waals surface area contributed by atoms with Crippen LogP contribution in [0.5, 0.6) is 0 Å².